The van der Waals surface area contributed by atoms with Crippen LogP contribution in [0.2, 0.25) is 0 Å². The Bertz CT molecular complexity index is 414. The number of Topliss-reactive ketones (excluding diaryl/α,β-unsaturated/α-hetero) is 1. The van der Waals surface area contributed by atoms with Crippen molar-refractivity contribution in [2.45, 2.75) is 0 Å². The van der Waals surface area contributed by atoms with Crippen molar-refractivity contribution < 1.29 is 4.79 Å². The molecule has 0 saturated heterocycles. The third-order valence-corrected chi connectivity index (χ3v) is 2.97. The van der Waals surface area contributed by atoms with Crippen LogP contribution in [0.15, 0.2) is 27.7 Å². The predicted molar refractivity (Wildman–Crippen MR) is 59.1 cm³/mol. The quantitative estimate of drug-likeness (QED) is 0.714. The van der Waals surface area contributed by atoms with Crippen LogP contribution >= 0.6 is 27.7 Å². The van der Waals surface area contributed by atoms with Crippen molar-refractivity contribution in [1.29, 1.82) is 0 Å². The summed E-state index contributed by atoms with van der Waals surface area (Å²) in [6.45, 7) is 0. The van der Waals surface area contributed by atoms with E-state index < -0.39 is 0 Å². The molecule has 0 aliphatic carbocycles. The van der Waals surface area contributed by atoms with Gasteiger partial charge in [-0.3, -0.25) is 4.79 Å². The summed E-state index contributed by atoms with van der Waals surface area (Å²) in [5.74, 6) is 0.0370. The molecule has 1 aliphatic heterocycles. The maximum atomic E-state index is 11.6. The Labute approximate surface area is 88.6 Å². The average molecular weight is 256 g/mol. The molecule has 1 aromatic rings. The fraction of sp³-hybridized carbons (Fsp3) is 0.111. The zero-order valence-electron chi connectivity index (χ0n) is 6.87. The molecule has 2 rings (SSSR count). The molecule has 2 nitrogen and oxygen atoms in total. The van der Waals surface area contributed by atoms with Gasteiger partial charge in [0.2, 0.25) is 5.78 Å². The molecule has 0 aromatic heterocycles. The summed E-state index contributed by atoms with van der Waals surface area (Å²) in [7, 11) is 0. The van der Waals surface area contributed by atoms with Crippen LogP contribution in [0.4, 0.5) is 5.69 Å². The van der Waals surface area contributed by atoms with Crippen LogP contribution in [0, 0.1) is 0 Å². The fourth-order valence-electron chi connectivity index (χ4n) is 1.20. The summed E-state index contributed by atoms with van der Waals surface area (Å²) < 4.78 is 0.949. The summed E-state index contributed by atoms with van der Waals surface area (Å²) in [5.41, 5.74) is 1.47. The van der Waals surface area contributed by atoms with Gasteiger partial charge < -0.3 is 0 Å². The molecule has 13 heavy (non-hydrogen) atoms. The monoisotopic (exact) mass is 255 g/mol. The van der Waals surface area contributed by atoms with E-state index in [1.165, 1.54) is 11.8 Å². The number of thioether (sulfide) groups is 1. The number of halogens is 1. The normalized spacial score (nSPS) is 14.3. The van der Waals surface area contributed by atoms with Gasteiger partial charge in [0.25, 0.3) is 0 Å². The Morgan fingerprint density at radius 1 is 1.46 bits per heavy atom. The molecule has 0 unspecified atom stereocenters. The fourth-order valence-corrected chi connectivity index (χ4v) is 2.04. The van der Waals surface area contributed by atoms with E-state index in [2.05, 4.69) is 20.9 Å². The molecule has 1 aromatic carbocycles. The lowest BCUT2D eigenvalue weighted by Crippen LogP contribution is -2.03. The van der Waals surface area contributed by atoms with Crippen molar-refractivity contribution in [2.75, 3.05) is 6.26 Å². The second kappa shape index (κ2) is 3.27. The van der Waals surface area contributed by atoms with Gasteiger partial charge in [-0.15, -0.1) is 11.8 Å². The predicted octanol–water partition coefficient (Wildman–Crippen LogP) is 3.04. The number of hydrogen-bond donors (Lipinski definition) is 0. The molecule has 0 radical (unpaired) electrons. The third kappa shape index (κ3) is 1.44. The van der Waals surface area contributed by atoms with Crippen molar-refractivity contribution in [2.24, 2.45) is 4.99 Å². The van der Waals surface area contributed by atoms with Gasteiger partial charge in [-0.1, -0.05) is 15.9 Å². The number of ketones is 1. The number of aliphatic imine (C=N–C) groups is 1. The first-order valence-electron chi connectivity index (χ1n) is 3.69. The van der Waals surface area contributed by atoms with E-state index in [9.17, 15) is 4.79 Å². The second-order valence-electron chi connectivity index (χ2n) is 2.61. The minimum absolute atomic E-state index is 0.0370. The van der Waals surface area contributed by atoms with Crippen molar-refractivity contribution in [1.82, 2.24) is 0 Å². The maximum Gasteiger partial charge on any atom is 0.220 e. The van der Waals surface area contributed by atoms with Gasteiger partial charge in [0.05, 0.1) is 11.3 Å². The molecule has 0 amide bonds. The first-order chi connectivity index (χ1) is 6.22. The van der Waals surface area contributed by atoms with E-state index in [0.717, 1.165) is 10.2 Å². The van der Waals surface area contributed by atoms with Crippen LogP contribution in [-0.2, 0) is 0 Å². The molecule has 66 valence electrons. The van der Waals surface area contributed by atoms with E-state index in [1.54, 1.807) is 6.07 Å². The lowest BCUT2D eigenvalue weighted by molar-refractivity contribution is 0.107. The van der Waals surface area contributed by atoms with Crippen LogP contribution in [0.3, 0.4) is 0 Å². The number of carbonyl (C=O) groups is 1. The van der Waals surface area contributed by atoms with Crippen molar-refractivity contribution >= 4 is 44.2 Å². The van der Waals surface area contributed by atoms with E-state index in [-0.39, 0.29) is 5.78 Å². The zero-order chi connectivity index (χ0) is 9.42. The summed E-state index contributed by atoms with van der Waals surface area (Å²) in [4.78, 5) is 15.8. The number of carbonyl (C=O) groups excluding carboxylic acids is 1. The summed E-state index contributed by atoms with van der Waals surface area (Å²) in [6.07, 6.45) is 1.86. The SMILES string of the molecule is CSC1=Nc2cc(Br)ccc2C1=O. The Balaban J connectivity index is 2.55. The van der Waals surface area contributed by atoms with Gasteiger partial charge in [0.15, 0.2) is 0 Å². The first-order valence-corrected chi connectivity index (χ1v) is 5.71. The van der Waals surface area contributed by atoms with Crippen molar-refractivity contribution in [3.05, 3.63) is 28.2 Å². The van der Waals surface area contributed by atoms with Crippen LogP contribution in [-0.4, -0.2) is 17.1 Å². The lowest BCUT2D eigenvalue weighted by atomic mass is 10.1. The zero-order valence-corrected chi connectivity index (χ0v) is 9.28. The van der Waals surface area contributed by atoms with Crippen LogP contribution in [0.25, 0.3) is 0 Å². The molecule has 0 atom stereocenters. The highest BCUT2D eigenvalue weighted by Gasteiger charge is 2.23. The molecule has 0 spiro atoms. The second-order valence-corrected chi connectivity index (χ2v) is 4.32. The number of rotatable bonds is 0. The number of hydrogen-bond acceptors (Lipinski definition) is 3. The van der Waals surface area contributed by atoms with Crippen LogP contribution in [0.5, 0.6) is 0 Å². The number of fused-ring (bicyclic) bond motifs is 1. The van der Waals surface area contributed by atoms with Gasteiger partial charge in [-0.2, -0.15) is 0 Å². The van der Waals surface area contributed by atoms with E-state index in [1.807, 2.05) is 18.4 Å². The highest BCUT2D eigenvalue weighted by molar-refractivity contribution is 9.10. The standard InChI is InChI=1S/C9H6BrNOS/c1-13-9-8(12)6-3-2-5(10)4-7(6)11-9/h2-4H,1H3. The van der Waals surface area contributed by atoms with E-state index >= 15 is 0 Å². The molecule has 1 heterocycles. The summed E-state index contributed by atoms with van der Waals surface area (Å²) >= 11 is 4.73. The van der Waals surface area contributed by atoms with Gasteiger partial charge in [0.1, 0.15) is 5.04 Å². The summed E-state index contributed by atoms with van der Waals surface area (Å²) in [5, 5.41) is 0.577. The molecule has 0 bridgehead atoms. The van der Waals surface area contributed by atoms with Gasteiger partial charge in [-0.25, -0.2) is 4.99 Å². The molecular weight excluding hydrogens is 250 g/mol. The first kappa shape index (κ1) is 8.97. The highest BCUT2D eigenvalue weighted by atomic mass is 79.9. The Hall–Kier alpha value is -0.610. The van der Waals surface area contributed by atoms with Crippen molar-refractivity contribution in [3.63, 3.8) is 0 Å². The van der Waals surface area contributed by atoms with Crippen molar-refractivity contribution in [3.8, 4) is 0 Å². The van der Waals surface area contributed by atoms with E-state index in [4.69, 9.17) is 0 Å². The lowest BCUT2D eigenvalue weighted by Gasteiger charge is -1.94. The molecule has 0 saturated carbocycles. The average Bonchev–Trinajstić information content (AvgIpc) is 2.42. The number of benzene rings is 1. The smallest absolute Gasteiger partial charge is 0.220 e. The van der Waals surface area contributed by atoms with Crippen LogP contribution < -0.4 is 0 Å². The third-order valence-electron chi connectivity index (χ3n) is 1.81. The Morgan fingerprint density at radius 3 is 2.92 bits per heavy atom. The molecule has 0 N–H and O–H groups in total. The molecular formula is C9H6BrNOS. The number of nitrogens with zero attached hydrogens (tertiary/aromatic N) is 1. The topological polar surface area (TPSA) is 29.4 Å². The van der Waals surface area contributed by atoms with Gasteiger partial charge in [-0.05, 0) is 24.5 Å². The summed E-state index contributed by atoms with van der Waals surface area (Å²) in [6, 6.07) is 5.51. The van der Waals surface area contributed by atoms with Gasteiger partial charge in [0, 0.05) is 4.47 Å². The molecule has 0 fully saturated rings. The Morgan fingerprint density at radius 2 is 2.23 bits per heavy atom. The Kier molecular flexibility index (Phi) is 2.26. The highest BCUT2D eigenvalue weighted by Crippen LogP contribution is 2.31. The van der Waals surface area contributed by atoms with E-state index in [0.29, 0.717) is 10.6 Å². The molecule has 4 heteroatoms. The molecule has 1 aliphatic rings. The maximum absolute atomic E-state index is 11.6. The minimum Gasteiger partial charge on any atom is -0.286 e. The minimum atomic E-state index is 0.0370. The van der Waals surface area contributed by atoms with Crippen LogP contribution in [0.1, 0.15) is 10.4 Å². The van der Waals surface area contributed by atoms with Gasteiger partial charge >= 0.3 is 0 Å². The largest absolute Gasteiger partial charge is 0.286 e.